The van der Waals surface area contributed by atoms with Crippen LogP contribution in [0.5, 0.6) is 0 Å². The van der Waals surface area contributed by atoms with Crippen molar-refractivity contribution in [3.63, 3.8) is 0 Å². The Hall–Kier alpha value is -1.98. The molecular weight excluding hydrogens is 376 g/mol. The quantitative estimate of drug-likeness (QED) is 0.122. The van der Waals surface area contributed by atoms with Gasteiger partial charge in [0, 0.05) is 18.8 Å². The van der Waals surface area contributed by atoms with Crippen LogP contribution in [0.3, 0.4) is 0 Å². The zero-order chi connectivity index (χ0) is 21.9. The molecule has 0 amide bonds. The van der Waals surface area contributed by atoms with E-state index < -0.39 is 0 Å². The summed E-state index contributed by atoms with van der Waals surface area (Å²) in [6, 6.07) is 7.39. The Morgan fingerprint density at radius 1 is 0.567 bits per heavy atom. The van der Waals surface area contributed by atoms with Gasteiger partial charge >= 0.3 is 0 Å². The standard InChI is InChI=1S/C24H42N4O2/c1-3-5-7-9-11-13-15-21-27(22-16-14-12-10-8-6-4-2)23-17-19-24(20-18-23)28(25-29)26-30/h17-20H,3-16,21-22H2,1-2H3. The van der Waals surface area contributed by atoms with Crippen molar-refractivity contribution < 1.29 is 0 Å². The first-order valence-electron chi connectivity index (χ1n) is 12.1. The van der Waals surface area contributed by atoms with E-state index >= 15 is 0 Å². The van der Waals surface area contributed by atoms with Gasteiger partial charge in [-0.2, -0.15) is 0 Å². The van der Waals surface area contributed by atoms with Crippen LogP contribution in [-0.4, -0.2) is 13.1 Å². The third kappa shape index (κ3) is 11.3. The molecule has 1 aromatic rings. The number of nitrogens with zero attached hydrogens (tertiary/aromatic N) is 4. The lowest BCUT2D eigenvalue weighted by atomic mass is 10.1. The van der Waals surface area contributed by atoms with Crippen LogP contribution in [0.4, 0.5) is 11.4 Å². The lowest BCUT2D eigenvalue weighted by Crippen LogP contribution is -2.25. The highest BCUT2D eigenvalue weighted by atomic mass is 16.4. The highest BCUT2D eigenvalue weighted by Crippen LogP contribution is 2.23. The molecule has 170 valence electrons. The van der Waals surface area contributed by atoms with Crippen molar-refractivity contribution in [2.45, 2.75) is 104 Å². The van der Waals surface area contributed by atoms with Crippen molar-refractivity contribution >= 4 is 11.4 Å². The molecule has 0 unspecified atom stereocenters. The molecule has 0 N–H and O–H groups in total. The van der Waals surface area contributed by atoms with Crippen molar-refractivity contribution in [1.29, 1.82) is 0 Å². The number of rotatable bonds is 20. The van der Waals surface area contributed by atoms with Crippen molar-refractivity contribution in [2.24, 2.45) is 10.6 Å². The molecule has 0 saturated carbocycles. The average molecular weight is 419 g/mol. The van der Waals surface area contributed by atoms with E-state index in [-0.39, 0.29) is 0 Å². The van der Waals surface area contributed by atoms with Crippen molar-refractivity contribution in [2.75, 3.05) is 23.1 Å². The second-order valence-electron chi connectivity index (χ2n) is 8.20. The summed E-state index contributed by atoms with van der Waals surface area (Å²) in [5.74, 6) is 0. The van der Waals surface area contributed by atoms with Crippen LogP contribution >= 0.6 is 0 Å². The maximum atomic E-state index is 10.7. The average Bonchev–Trinajstić information content (AvgIpc) is 2.78. The van der Waals surface area contributed by atoms with E-state index in [0.717, 1.165) is 18.8 Å². The zero-order valence-electron chi connectivity index (χ0n) is 19.2. The van der Waals surface area contributed by atoms with Gasteiger partial charge in [0.1, 0.15) is 0 Å². The second-order valence-corrected chi connectivity index (χ2v) is 8.20. The molecule has 0 aromatic heterocycles. The summed E-state index contributed by atoms with van der Waals surface area (Å²) >= 11 is 0. The molecule has 0 bridgehead atoms. The summed E-state index contributed by atoms with van der Waals surface area (Å²) in [6.45, 7) is 6.60. The van der Waals surface area contributed by atoms with Gasteiger partial charge in [0.25, 0.3) is 0 Å². The third-order valence-electron chi connectivity index (χ3n) is 5.66. The van der Waals surface area contributed by atoms with Crippen LogP contribution in [0.2, 0.25) is 0 Å². The Morgan fingerprint density at radius 2 is 0.933 bits per heavy atom. The molecule has 1 rings (SSSR count). The van der Waals surface area contributed by atoms with E-state index in [1.54, 1.807) is 12.1 Å². The lowest BCUT2D eigenvalue weighted by molar-refractivity contribution is 0.564. The summed E-state index contributed by atoms with van der Waals surface area (Å²) in [5.41, 5.74) is 1.53. The van der Waals surface area contributed by atoms with Crippen LogP contribution in [0.25, 0.3) is 0 Å². The number of unbranched alkanes of at least 4 members (excludes halogenated alkanes) is 12. The minimum Gasteiger partial charge on any atom is -0.372 e. The lowest BCUT2D eigenvalue weighted by Gasteiger charge is -2.25. The number of nitroso groups, excluding NO2 is 2. The van der Waals surface area contributed by atoms with Gasteiger partial charge in [0.15, 0.2) is 0 Å². The minimum atomic E-state index is 0.399. The molecule has 0 fully saturated rings. The van der Waals surface area contributed by atoms with E-state index in [0.29, 0.717) is 10.8 Å². The fourth-order valence-corrected chi connectivity index (χ4v) is 3.80. The molecule has 6 heteroatoms. The molecular formula is C24H42N4O2. The first kappa shape index (κ1) is 26.1. The van der Waals surface area contributed by atoms with Crippen LogP contribution < -0.4 is 10.0 Å². The predicted octanol–water partition coefficient (Wildman–Crippen LogP) is 8.16. The van der Waals surface area contributed by atoms with Crippen LogP contribution in [0.15, 0.2) is 34.8 Å². The largest absolute Gasteiger partial charge is 0.372 e. The number of anilines is 2. The van der Waals surface area contributed by atoms with Gasteiger partial charge in [-0.1, -0.05) is 96.0 Å². The Labute approximate surface area is 183 Å². The SMILES string of the molecule is CCCCCCCCCN(CCCCCCCCC)c1ccc(N(N=O)N=O)cc1. The fourth-order valence-electron chi connectivity index (χ4n) is 3.80. The molecule has 0 aliphatic heterocycles. The number of hydrogen-bond acceptors (Lipinski definition) is 5. The van der Waals surface area contributed by atoms with E-state index in [2.05, 4.69) is 29.3 Å². The molecule has 0 spiro atoms. The highest BCUT2D eigenvalue weighted by Gasteiger charge is 2.10. The predicted molar refractivity (Wildman–Crippen MR) is 129 cm³/mol. The van der Waals surface area contributed by atoms with Crippen LogP contribution in [-0.2, 0) is 0 Å². The maximum absolute atomic E-state index is 10.7. The first-order valence-corrected chi connectivity index (χ1v) is 12.1. The Balaban J connectivity index is 2.52. The van der Waals surface area contributed by atoms with Gasteiger partial charge in [-0.05, 0) is 37.1 Å². The Morgan fingerprint density at radius 3 is 1.33 bits per heavy atom. The molecule has 0 aliphatic rings. The van der Waals surface area contributed by atoms with Gasteiger partial charge in [0.2, 0.25) is 0 Å². The minimum absolute atomic E-state index is 0.399. The smallest absolute Gasteiger partial charge is 0.0924 e. The monoisotopic (exact) mass is 418 g/mol. The summed E-state index contributed by atoms with van der Waals surface area (Å²) in [6.07, 6.45) is 18.2. The van der Waals surface area contributed by atoms with Crippen LogP contribution in [0.1, 0.15) is 104 Å². The summed E-state index contributed by atoms with van der Waals surface area (Å²) in [4.78, 5) is 23.8. The van der Waals surface area contributed by atoms with Gasteiger partial charge < -0.3 is 4.90 Å². The Bertz CT molecular complexity index is 525. The van der Waals surface area contributed by atoms with E-state index in [1.807, 2.05) is 12.1 Å². The van der Waals surface area contributed by atoms with Gasteiger partial charge in [-0.25, -0.2) is 0 Å². The molecule has 30 heavy (non-hydrogen) atoms. The zero-order valence-corrected chi connectivity index (χ0v) is 19.2. The third-order valence-corrected chi connectivity index (χ3v) is 5.66. The van der Waals surface area contributed by atoms with E-state index in [1.165, 1.54) is 89.9 Å². The maximum Gasteiger partial charge on any atom is 0.0924 e. The molecule has 0 atom stereocenters. The van der Waals surface area contributed by atoms with Crippen molar-refractivity contribution in [3.05, 3.63) is 34.1 Å². The summed E-state index contributed by atoms with van der Waals surface area (Å²) in [7, 11) is 0. The van der Waals surface area contributed by atoms with Gasteiger partial charge in [-0.15, -0.1) is 9.81 Å². The topological polar surface area (TPSA) is 65.3 Å². The van der Waals surface area contributed by atoms with Gasteiger partial charge in [0.05, 0.1) is 16.3 Å². The van der Waals surface area contributed by atoms with Crippen molar-refractivity contribution in [3.8, 4) is 0 Å². The number of hydrogen-bond donors (Lipinski definition) is 0. The molecule has 0 saturated heterocycles. The fraction of sp³-hybridized carbons (Fsp3) is 0.750. The Kier molecular flexibility index (Phi) is 15.5. The van der Waals surface area contributed by atoms with Crippen molar-refractivity contribution in [1.82, 2.24) is 0 Å². The molecule has 6 nitrogen and oxygen atoms in total. The highest BCUT2D eigenvalue weighted by molar-refractivity contribution is 5.55. The van der Waals surface area contributed by atoms with E-state index in [4.69, 9.17) is 0 Å². The molecule has 0 heterocycles. The molecule has 0 radical (unpaired) electrons. The van der Waals surface area contributed by atoms with Crippen LogP contribution in [0, 0.1) is 9.81 Å². The number of benzene rings is 1. The normalized spacial score (nSPS) is 10.7. The molecule has 1 aromatic carbocycles. The summed E-state index contributed by atoms with van der Waals surface area (Å²) < 4.78 is 0. The molecule has 0 aliphatic carbocycles. The van der Waals surface area contributed by atoms with Gasteiger partial charge in [-0.3, -0.25) is 0 Å². The first-order chi connectivity index (χ1) is 14.8. The summed E-state index contributed by atoms with van der Waals surface area (Å²) in [5, 5.41) is 5.82. The van der Waals surface area contributed by atoms with E-state index in [9.17, 15) is 9.81 Å². The second kappa shape index (κ2) is 17.8.